The van der Waals surface area contributed by atoms with Crippen LogP contribution in [-0.2, 0) is 11.3 Å². The number of nitrogens with zero attached hydrogens (tertiary/aromatic N) is 2. The van der Waals surface area contributed by atoms with Crippen LogP contribution >= 0.6 is 0 Å². The van der Waals surface area contributed by atoms with Crippen LogP contribution in [0.2, 0.25) is 0 Å². The van der Waals surface area contributed by atoms with Gasteiger partial charge in [-0.25, -0.2) is 14.0 Å². The lowest BCUT2D eigenvalue weighted by Crippen LogP contribution is -2.48. The molecule has 3 rings (SSSR count). The molecule has 8 nitrogen and oxygen atoms in total. The van der Waals surface area contributed by atoms with Gasteiger partial charge in [-0.2, -0.15) is 0 Å². The van der Waals surface area contributed by atoms with Crippen molar-refractivity contribution < 1.29 is 18.7 Å². The molecule has 0 bridgehead atoms. The zero-order valence-corrected chi connectivity index (χ0v) is 16.6. The van der Waals surface area contributed by atoms with Crippen molar-refractivity contribution >= 4 is 17.8 Å². The third-order valence-electron chi connectivity index (χ3n) is 4.84. The number of allylic oxidation sites excluding steroid dienone is 1. The Kier molecular flexibility index (Phi) is 6.71. The van der Waals surface area contributed by atoms with Crippen LogP contribution in [0.4, 0.5) is 19.7 Å². The Hall–Kier alpha value is -3.07. The first-order chi connectivity index (χ1) is 14.0. The van der Waals surface area contributed by atoms with Crippen molar-refractivity contribution in [2.24, 2.45) is 0 Å². The van der Waals surface area contributed by atoms with Crippen LogP contribution in [0.15, 0.2) is 42.2 Å². The van der Waals surface area contributed by atoms with Crippen LogP contribution in [-0.4, -0.2) is 61.3 Å². The third kappa shape index (κ3) is 5.47. The second kappa shape index (κ2) is 9.42. The van der Waals surface area contributed by atoms with E-state index in [2.05, 4.69) is 20.9 Å². The number of dihydropyridines is 1. The minimum absolute atomic E-state index is 0.106. The minimum atomic E-state index is -0.502. The smallest absolute Gasteiger partial charge is 0.409 e. The minimum Gasteiger partial charge on any atom is -0.453 e. The number of piperazine rings is 1. The van der Waals surface area contributed by atoms with E-state index < -0.39 is 11.8 Å². The summed E-state index contributed by atoms with van der Waals surface area (Å²) in [6, 6.07) is 4.55. The molecule has 1 aromatic carbocycles. The molecule has 1 unspecified atom stereocenters. The van der Waals surface area contributed by atoms with Gasteiger partial charge in [-0.3, -0.25) is 4.90 Å². The van der Waals surface area contributed by atoms with Crippen molar-refractivity contribution in [1.82, 2.24) is 20.4 Å². The van der Waals surface area contributed by atoms with Crippen molar-refractivity contribution in [3.8, 4) is 0 Å². The number of amides is 3. The molecule has 1 atom stereocenters. The summed E-state index contributed by atoms with van der Waals surface area (Å²) in [5, 5.41) is 8.36. The number of hydrogen-bond donors (Lipinski definition) is 3. The van der Waals surface area contributed by atoms with E-state index in [-0.39, 0.29) is 17.8 Å². The van der Waals surface area contributed by atoms with E-state index in [4.69, 9.17) is 4.74 Å². The van der Waals surface area contributed by atoms with Gasteiger partial charge in [0.05, 0.1) is 12.8 Å². The van der Waals surface area contributed by atoms with Crippen molar-refractivity contribution in [3.63, 3.8) is 0 Å². The molecule has 1 aromatic rings. The molecular formula is C20H26FN5O3. The number of ether oxygens (including phenoxy) is 1. The van der Waals surface area contributed by atoms with Crippen LogP contribution in [0, 0.1) is 5.82 Å². The maximum Gasteiger partial charge on any atom is 0.409 e. The number of methoxy groups -OCH3 is 1. The molecule has 156 valence electrons. The van der Waals surface area contributed by atoms with E-state index in [1.807, 2.05) is 13.0 Å². The Morgan fingerprint density at radius 3 is 2.69 bits per heavy atom. The van der Waals surface area contributed by atoms with Crippen LogP contribution in [0.3, 0.4) is 0 Å². The van der Waals surface area contributed by atoms with Crippen LogP contribution < -0.4 is 16.0 Å². The summed E-state index contributed by atoms with van der Waals surface area (Å²) in [7, 11) is 1.36. The van der Waals surface area contributed by atoms with E-state index in [0.717, 1.165) is 0 Å². The lowest BCUT2D eigenvalue weighted by molar-refractivity contribution is 0.0885. The molecular weight excluding hydrogens is 377 g/mol. The zero-order chi connectivity index (χ0) is 20.8. The molecule has 2 aliphatic rings. The number of benzene rings is 1. The summed E-state index contributed by atoms with van der Waals surface area (Å²) in [6.45, 7) is 4.67. The SMILES string of the molecule is COC(=O)N1CCN(Cc2cccc(NC(=O)NC3=CC(C)NC=C3)c2F)CC1. The monoisotopic (exact) mass is 403 g/mol. The largest absolute Gasteiger partial charge is 0.453 e. The van der Waals surface area contributed by atoms with Gasteiger partial charge in [-0.15, -0.1) is 0 Å². The molecule has 3 N–H and O–H groups in total. The highest BCUT2D eigenvalue weighted by Gasteiger charge is 2.22. The van der Waals surface area contributed by atoms with Crippen molar-refractivity contribution in [2.45, 2.75) is 19.5 Å². The van der Waals surface area contributed by atoms with E-state index in [0.29, 0.717) is 44.0 Å². The Morgan fingerprint density at radius 1 is 1.24 bits per heavy atom. The highest BCUT2D eigenvalue weighted by molar-refractivity contribution is 5.91. The Bertz CT molecular complexity index is 818. The van der Waals surface area contributed by atoms with Crippen LogP contribution in [0.1, 0.15) is 12.5 Å². The van der Waals surface area contributed by atoms with Crippen LogP contribution in [0.25, 0.3) is 0 Å². The molecule has 0 aliphatic carbocycles. The second-order valence-corrected chi connectivity index (χ2v) is 7.00. The topological polar surface area (TPSA) is 85.9 Å². The van der Waals surface area contributed by atoms with E-state index in [9.17, 15) is 14.0 Å². The normalized spacial score (nSPS) is 19.2. The number of rotatable bonds is 4. The number of carbonyl (C=O) groups is 2. The van der Waals surface area contributed by atoms with E-state index >= 15 is 0 Å². The summed E-state index contributed by atoms with van der Waals surface area (Å²) in [5.74, 6) is -0.457. The van der Waals surface area contributed by atoms with E-state index in [1.54, 1.807) is 29.3 Å². The molecule has 29 heavy (non-hydrogen) atoms. The average Bonchev–Trinajstić information content (AvgIpc) is 2.71. The molecule has 0 saturated carbocycles. The number of hydrogen-bond acceptors (Lipinski definition) is 5. The van der Waals surface area contributed by atoms with Crippen LogP contribution in [0.5, 0.6) is 0 Å². The van der Waals surface area contributed by atoms with Crippen molar-refractivity contribution in [2.75, 3.05) is 38.6 Å². The predicted octanol–water partition coefficient (Wildman–Crippen LogP) is 2.22. The molecule has 1 saturated heterocycles. The molecule has 0 spiro atoms. The van der Waals surface area contributed by atoms with Gasteiger partial charge < -0.3 is 25.6 Å². The molecule has 0 aromatic heterocycles. The zero-order valence-electron chi connectivity index (χ0n) is 16.6. The maximum absolute atomic E-state index is 14.9. The molecule has 2 heterocycles. The van der Waals surface area contributed by atoms with Crippen molar-refractivity contribution in [1.29, 1.82) is 0 Å². The predicted molar refractivity (Wildman–Crippen MR) is 108 cm³/mol. The number of urea groups is 1. The fourth-order valence-electron chi connectivity index (χ4n) is 3.29. The number of carbonyl (C=O) groups excluding carboxylic acids is 2. The Balaban J connectivity index is 1.57. The summed E-state index contributed by atoms with van der Waals surface area (Å²) in [6.07, 6.45) is 5.00. The lowest BCUT2D eigenvalue weighted by atomic mass is 10.1. The quantitative estimate of drug-likeness (QED) is 0.718. The van der Waals surface area contributed by atoms with Gasteiger partial charge in [-0.1, -0.05) is 12.1 Å². The fourth-order valence-corrected chi connectivity index (χ4v) is 3.29. The van der Waals surface area contributed by atoms with Gasteiger partial charge in [0.1, 0.15) is 0 Å². The summed E-state index contributed by atoms with van der Waals surface area (Å²) in [4.78, 5) is 27.5. The second-order valence-electron chi connectivity index (χ2n) is 7.00. The average molecular weight is 403 g/mol. The van der Waals surface area contributed by atoms with Gasteiger partial charge in [0, 0.05) is 50.0 Å². The van der Waals surface area contributed by atoms with Crippen molar-refractivity contribution in [3.05, 3.63) is 53.6 Å². The highest BCUT2D eigenvalue weighted by atomic mass is 19.1. The highest BCUT2D eigenvalue weighted by Crippen LogP contribution is 2.20. The first-order valence-corrected chi connectivity index (χ1v) is 9.51. The fraction of sp³-hybridized carbons (Fsp3) is 0.400. The standard InChI is InChI=1S/C20H26FN5O3/c1-14-12-16(6-7-22-14)23-19(27)24-17-5-3-4-15(18(17)21)13-25-8-10-26(11-9-25)20(28)29-2/h3-7,12,14,22H,8-11,13H2,1-2H3,(H2,23,24,27). The molecule has 0 radical (unpaired) electrons. The first-order valence-electron chi connectivity index (χ1n) is 9.51. The first kappa shape index (κ1) is 20.7. The van der Waals surface area contributed by atoms with Gasteiger partial charge >= 0.3 is 12.1 Å². The summed E-state index contributed by atoms with van der Waals surface area (Å²) in [5.41, 5.74) is 1.26. The number of nitrogens with one attached hydrogen (secondary N) is 3. The molecule has 2 aliphatic heterocycles. The number of halogens is 1. The third-order valence-corrected chi connectivity index (χ3v) is 4.84. The molecule has 3 amide bonds. The summed E-state index contributed by atoms with van der Waals surface area (Å²) >= 11 is 0. The van der Waals surface area contributed by atoms with Gasteiger partial charge in [0.15, 0.2) is 5.82 Å². The Morgan fingerprint density at radius 2 is 2.00 bits per heavy atom. The lowest BCUT2D eigenvalue weighted by Gasteiger charge is -2.33. The van der Waals surface area contributed by atoms with Gasteiger partial charge in [-0.05, 0) is 31.3 Å². The molecule has 9 heteroatoms. The molecule has 1 fully saturated rings. The van der Waals surface area contributed by atoms with Gasteiger partial charge in [0.2, 0.25) is 0 Å². The van der Waals surface area contributed by atoms with E-state index in [1.165, 1.54) is 13.2 Å². The number of anilines is 1. The Labute approximate surface area is 169 Å². The van der Waals surface area contributed by atoms with Gasteiger partial charge in [0.25, 0.3) is 0 Å². The summed E-state index contributed by atoms with van der Waals surface area (Å²) < 4.78 is 19.6. The maximum atomic E-state index is 14.9.